The Kier molecular flexibility index (Phi) is 4.04. The highest BCUT2D eigenvalue weighted by Gasteiger charge is 2.21. The molecule has 3 N–H and O–H groups in total. The lowest BCUT2D eigenvalue weighted by Crippen LogP contribution is -2.48. The second-order valence-electron chi connectivity index (χ2n) is 4.34. The van der Waals surface area contributed by atoms with E-state index in [0.717, 1.165) is 6.07 Å². The zero-order valence-corrected chi connectivity index (χ0v) is 11.3. The normalized spacial score (nSPS) is 17.6. The number of ether oxygens (including phenoxy) is 1. The fourth-order valence-electron chi connectivity index (χ4n) is 1.80. The van der Waals surface area contributed by atoms with Gasteiger partial charge in [-0.05, 0) is 24.6 Å². The molecule has 19 heavy (non-hydrogen) atoms. The minimum atomic E-state index is -3.75. The van der Waals surface area contributed by atoms with Gasteiger partial charge in [0, 0.05) is 13.1 Å². The third kappa shape index (κ3) is 3.21. The first-order chi connectivity index (χ1) is 8.90. The Balaban J connectivity index is 2.24. The third-order valence-electron chi connectivity index (χ3n) is 2.83. The average molecular weight is 289 g/mol. The van der Waals surface area contributed by atoms with E-state index in [1.165, 1.54) is 13.0 Å². The molecule has 0 bridgehead atoms. The van der Waals surface area contributed by atoms with E-state index in [4.69, 9.17) is 10.5 Å². The lowest BCUT2D eigenvalue weighted by Gasteiger charge is -2.26. The van der Waals surface area contributed by atoms with Crippen molar-refractivity contribution in [2.45, 2.75) is 11.8 Å². The van der Waals surface area contributed by atoms with Gasteiger partial charge in [-0.2, -0.15) is 0 Å². The predicted molar refractivity (Wildman–Crippen MR) is 68.3 cm³/mol. The van der Waals surface area contributed by atoms with Crippen molar-refractivity contribution in [1.29, 1.82) is 0 Å². The maximum Gasteiger partial charge on any atom is 0.253 e. The molecule has 1 heterocycles. The zero-order chi connectivity index (χ0) is 14.0. The third-order valence-corrected chi connectivity index (χ3v) is 4.18. The topological polar surface area (TPSA) is 84.7 Å². The first-order valence-corrected chi connectivity index (χ1v) is 7.29. The fourth-order valence-corrected chi connectivity index (χ4v) is 3.04. The Hall–Kier alpha value is -1.22. The van der Waals surface area contributed by atoms with Gasteiger partial charge in [-0.25, -0.2) is 17.8 Å². The lowest BCUT2D eigenvalue weighted by molar-refractivity contribution is 0.0272. The standard InChI is InChI=1S/C11H16FN3O3S/c1-8-6-9(7-10(13)11(8)12)19(16,17)14-15-2-4-18-5-3-15/h6-7,14H,2-5,13H2,1H3. The van der Waals surface area contributed by atoms with Gasteiger partial charge in [0.15, 0.2) is 0 Å². The zero-order valence-electron chi connectivity index (χ0n) is 10.5. The van der Waals surface area contributed by atoms with E-state index in [0.29, 0.717) is 26.3 Å². The molecule has 0 radical (unpaired) electrons. The summed E-state index contributed by atoms with van der Waals surface area (Å²) in [6, 6.07) is 2.37. The highest BCUT2D eigenvalue weighted by Crippen LogP contribution is 2.20. The molecule has 0 unspecified atom stereocenters. The molecule has 1 fully saturated rings. The van der Waals surface area contributed by atoms with Crippen LogP contribution in [0.3, 0.4) is 0 Å². The summed E-state index contributed by atoms with van der Waals surface area (Å²) in [6.45, 7) is 3.34. The van der Waals surface area contributed by atoms with Gasteiger partial charge in [0.25, 0.3) is 10.0 Å². The number of sulfonamides is 1. The number of morpholine rings is 1. The van der Waals surface area contributed by atoms with Crippen LogP contribution in [0.5, 0.6) is 0 Å². The van der Waals surface area contributed by atoms with Crippen molar-refractivity contribution in [3.8, 4) is 0 Å². The highest BCUT2D eigenvalue weighted by molar-refractivity contribution is 7.89. The lowest BCUT2D eigenvalue weighted by atomic mass is 10.2. The van der Waals surface area contributed by atoms with Crippen molar-refractivity contribution in [1.82, 2.24) is 9.84 Å². The number of nitrogens with zero attached hydrogens (tertiary/aromatic N) is 1. The Morgan fingerprint density at radius 1 is 1.37 bits per heavy atom. The summed E-state index contributed by atoms with van der Waals surface area (Å²) in [5.41, 5.74) is 5.47. The van der Waals surface area contributed by atoms with E-state index in [1.54, 1.807) is 5.01 Å². The fraction of sp³-hybridized carbons (Fsp3) is 0.455. The predicted octanol–water partition coefficient (Wildman–Crippen LogP) is 0.242. The van der Waals surface area contributed by atoms with E-state index in [9.17, 15) is 12.8 Å². The van der Waals surface area contributed by atoms with E-state index in [1.807, 2.05) is 0 Å². The molecule has 1 aliphatic rings. The maximum absolute atomic E-state index is 13.4. The quantitative estimate of drug-likeness (QED) is 0.779. The number of aryl methyl sites for hydroxylation is 1. The number of benzene rings is 1. The molecule has 0 aromatic heterocycles. The number of hydrazine groups is 1. The van der Waals surface area contributed by atoms with E-state index in [-0.39, 0.29) is 16.1 Å². The molecule has 1 aliphatic heterocycles. The van der Waals surface area contributed by atoms with Crippen LogP contribution in [0.25, 0.3) is 0 Å². The summed E-state index contributed by atoms with van der Waals surface area (Å²) in [7, 11) is -3.75. The molecule has 0 amide bonds. The second-order valence-corrected chi connectivity index (χ2v) is 6.00. The van der Waals surface area contributed by atoms with E-state index in [2.05, 4.69) is 4.83 Å². The van der Waals surface area contributed by atoms with Gasteiger partial charge in [0.2, 0.25) is 0 Å². The first kappa shape index (κ1) is 14.2. The van der Waals surface area contributed by atoms with Crippen LogP contribution in [0, 0.1) is 12.7 Å². The van der Waals surface area contributed by atoms with Gasteiger partial charge in [0.05, 0.1) is 23.8 Å². The first-order valence-electron chi connectivity index (χ1n) is 5.81. The van der Waals surface area contributed by atoms with Gasteiger partial charge in [-0.15, -0.1) is 4.83 Å². The summed E-state index contributed by atoms with van der Waals surface area (Å²) >= 11 is 0. The summed E-state index contributed by atoms with van der Waals surface area (Å²) < 4.78 is 42.8. The van der Waals surface area contributed by atoms with Gasteiger partial charge >= 0.3 is 0 Å². The molecule has 1 saturated heterocycles. The van der Waals surface area contributed by atoms with Crippen LogP contribution >= 0.6 is 0 Å². The molecule has 6 nitrogen and oxygen atoms in total. The second kappa shape index (κ2) is 5.41. The number of nitrogen functional groups attached to an aromatic ring is 1. The minimum Gasteiger partial charge on any atom is -0.396 e. The number of nitrogens with one attached hydrogen (secondary N) is 1. The van der Waals surface area contributed by atoms with Crippen LogP contribution in [0.15, 0.2) is 17.0 Å². The molecule has 1 aromatic carbocycles. The SMILES string of the molecule is Cc1cc(S(=O)(=O)NN2CCOCC2)cc(N)c1F. The Labute approximate surface area is 111 Å². The molecule has 0 aliphatic carbocycles. The van der Waals surface area contributed by atoms with Crippen molar-refractivity contribution < 1.29 is 17.5 Å². The van der Waals surface area contributed by atoms with Gasteiger partial charge < -0.3 is 10.5 Å². The minimum absolute atomic E-state index is 0.0459. The number of hydrogen-bond acceptors (Lipinski definition) is 5. The molecule has 106 valence electrons. The summed E-state index contributed by atoms with van der Waals surface area (Å²) in [5, 5.41) is 1.55. The van der Waals surface area contributed by atoms with Crippen molar-refractivity contribution in [2.24, 2.45) is 0 Å². The van der Waals surface area contributed by atoms with Crippen LogP contribution in [0.4, 0.5) is 10.1 Å². The number of nitrogens with two attached hydrogens (primary N) is 1. The van der Waals surface area contributed by atoms with Crippen molar-refractivity contribution in [3.05, 3.63) is 23.5 Å². The number of anilines is 1. The highest BCUT2D eigenvalue weighted by atomic mass is 32.2. The van der Waals surface area contributed by atoms with Crippen LogP contribution in [0.2, 0.25) is 0 Å². The van der Waals surface area contributed by atoms with E-state index >= 15 is 0 Å². The van der Waals surface area contributed by atoms with Crippen molar-refractivity contribution in [3.63, 3.8) is 0 Å². The van der Waals surface area contributed by atoms with Gasteiger partial charge in [0.1, 0.15) is 5.82 Å². The summed E-state index contributed by atoms with van der Waals surface area (Å²) in [5.74, 6) is -0.592. The van der Waals surface area contributed by atoms with Crippen LogP contribution in [0.1, 0.15) is 5.56 Å². The monoisotopic (exact) mass is 289 g/mol. The van der Waals surface area contributed by atoms with E-state index < -0.39 is 15.8 Å². The largest absolute Gasteiger partial charge is 0.396 e. The summed E-state index contributed by atoms with van der Waals surface area (Å²) in [4.78, 5) is 2.39. The molecule has 0 atom stereocenters. The molecule has 0 spiro atoms. The summed E-state index contributed by atoms with van der Waals surface area (Å²) in [6.07, 6.45) is 0. The molecular formula is C11H16FN3O3S. The number of halogens is 1. The molecule has 8 heteroatoms. The molecule has 0 saturated carbocycles. The Morgan fingerprint density at radius 2 is 2.00 bits per heavy atom. The average Bonchev–Trinajstić information content (AvgIpc) is 2.36. The number of rotatable bonds is 3. The molecule has 2 rings (SSSR count). The Bertz CT molecular complexity index is 548. The van der Waals surface area contributed by atoms with Gasteiger partial charge in [-0.1, -0.05) is 0 Å². The maximum atomic E-state index is 13.4. The van der Waals surface area contributed by atoms with Crippen LogP contribution in [-0.2, 0) is 14.8 Å². The number of hydrogen-bond donors (Lipinski definition) is 2. The van der Waals surface area contributed by atoms with Crippen molar-refractivity contribution in [2.75, 3.05) is 32.0 Å². The van der Waals surface area contributed by atoms with Crippen molar-refractivity contribution >= 4 is 15.7 Å². The van der Waals surface area contributed by atoms with Gasteiger partial charge in [-0.3, -0.25) is 0 Å². The molecular weight excluding hydrogens is 273 g/mol. The van der Waals surface area contributed by atoms with Crippen LogP contribution < -0.4 is 10.6 Å². The van der Waals surface area contributed by atoms with Crippen LogP contribution in [-0.4, -0.2) is 39.7 Å². The Morgan fingerprint density at radius 3 is 2.58 bits per heavy atom. The molecule has 1 aromatic rings. The smallest absolute Gasteiger partial charge is 0.253 e.